The molecule has 1 aromatic heterocycles. The maximum atomic E-state index is 14.9. The van der Waals surface area contributed by atoms with Crippen molar-refractivity contribution in [2.75, 3.05) is 5.32 Å². The van der Waals surface area contributed by atoms with Crippen LogP contribution in [-0.4, -0.2) is 20.5 Å². The number of fused-ring (bicyclic) bond motifs is 1. The quantitative estimate of drug-likeness (QED) is 0.560. The van der Waals surface area contributed by atoms with Gasteiger partial charge in [-0.1, -0.05) is 74.1 Å². The zero-order valence-electron chi connectivity index (χ0n) is 17.4. The Morgan fingerprint density at radius 2 is 1.87 bits per heavy atom. The van der Waals surface area contributed by atoms with Crippen LogP contribution in [0.5, 0.6) is 0 Å². The molecule has 1 atom stereocenters. The fourth-order valence-electron chi connectivity index (χ4n) is 4.36. The number of nitrogens with zero attached hydrogens (tertiary/aromatic N) is 3. The average Bonchev–Trinajstić information content (AvgIpc) is 3.14. The van der Waals surface area contributed by atoms with E-state index in [0.29, 0.717) is 35.1 Å². The van der Waals surface area contributed by atoms with Crippen molar-refractivity contribution >= 4 is 23.5 Å². The number of thioether (sulfide) groups is 1. The van der Waals surface area contributed by atoms with Crippen LogP contribution >= 0.6 is 11.8 Å². The summed E-state index contributed by atoms with van der Waals surface area (Å²) in [5, 5.41) is 8.61. The number of nitrogens with one attached hydrogen (secondary N) is 1. The fraction of sp³-hybridized carbons (Fsp3) is 0.292. The van der Waals surface area contributed by atoms with Gasteiger partial charge in [0, 0.05) is 29.0 Å². The lowest BCUT2D eigenvalue weighted by Gasteiger charge is -2.38. The first kappa shape index (κ1) is 20.0. The Bertz CT molecular complexity index is 1190. The van der Waals surface area contributed by atoms with Gasteiger partial charge in [-0.2, -0.15) is 4.98 Å². The number of carbonyl (C=O) groups excluding carboxylic acids is 1. The van der Waals surface area contributed by atoms with Crippen molar-refractivity contribution in [1.29, 1.82) is 0 Å². The first-order valence-corrected chi connectivity index (χ1v) is 11.3. The molecule has 158 valence electrons. The predicted molar refractivity (Wildman–Crippen MR) is 119 cm³/mol. The van der Waals surface area contributed by atoms with Gasteiger partial charge in [0.2, 0.25) is 11.1 Å². The standard InChI is InChI=1S/C24H23FN4OS/c1-24(2)12-18-20(19(30)13-24)21(16-10-6-7-11-17(16)25)29-22(26-18)27-23(28-29)31-14-15-8-4-3-5-9-15/h3-11,21H,12-14H2,1-2H3,(H,26,27,28). The molecule has 2 aromatic carbocycles. The van der Waals surface area contributed by atoms with E-state index in [0.717, 1.165) is 11.4 Å². The number of anilines is 1. The lowest BCUT2D eigenvalue weighted by molar-refractivity contribution is -0.118. The minimum Gasteiger partial charge on any atom is -0.328 e. The molecular weight excluding hydrogens is 411 g/mol. The molecule has 5 rings (SSSR count). The number of benzene rings is 2. The first-order valence-electron chi connectivity index (χ1n) is 10.3. The van der Waals surface area contributed by atoms with Gasteiger partial charge in [-0.05, 0) is 23.5 Å². The molecular formula is C24H23FN4OS. The predicted octanol–water partition coefficient (Wildman–Crippen LogP) is 5.37. The molecule has 5 nitrogen and oxygen atoms in total. The van der Waals surface area contributed by atoms with Crippen LogP contribution in [-0.2, 0) is 10.5 Å². The highest BCUT2D eigenvalue weighted by Crippen LogP contribution is 2.46. The SMILES string of the molecule is CC1(C)CC(=O)C2=C(C1)Nc1nc(SCc3ccccc3)nn1C2c1ccccc1F. The molecule has 1 unspecified atom stereocenters. The molecule has 0 fully saturated rings. The van der Waals surface area contributed by atoms with Crippen LogP contribution in [0, 0.1) is 11.2 Å². The summed E-state index contributed by atoms with van der Waals surface area (Å²) in [6.07, 6.45) is 1.14. The fourth-order valence-corrected chi connectivity index (χ4v) is 5.14. The minimum atomic E-state index is -0.616. The first-order chi connectivity index (χ1) is 14.9. The zero-order valence-corrected chi connectivity index (χ0v) is 18.2. The van der Waals surface area contributed by atoms with Crippen LogP contribution in [0.15, 0.2) is 71.0 Å². The lowest BCUT2D eigenvalue weighted by atomic mass is 9.73. The molecule has 1 N–H and O–H groups in total. The van der Waals surface area contributed by atoms with E-state index in [1.165, 1.54) is 23.4 Å². The molecule has 7 heteroatoms. The molecule has 0 saturated carbocycles. The van der Waals surface area contributed by atoms with Gasteiger partial charge < -0.3 is 5.32 Å². The van der Waals surface area contributed by atoms with E-state index in [4.69, 9.17) is 0 Å². The van der Waals surface area contributed by atoms with E-state index >= 15 is 0 Å². The van der Waals surface area contributed by atoms with E-state index in [2.05, 4.69) is 41.4 Å². The van der Waals surface area contributed by atoms with Crippen LogP contribution in [0.4, 0.5) is 10.3 Å². The number of carbonyl (C=O) groups is 1. The van der Waals surface area contributed by atoms with Crippen molar-refractivity contribution in [3.63, 3.8) is 0 Å². The van der Waals surface area contributed by atoms with E-state index in [1.807, 2.05) is 18.2 Å². The molecule has 2 heterocycles. The number of allylic oxidation sites excluding steroid dienone is 2. The third-order valence-corrected chi connectivity index (χ3v) is 6.63. The van der Waals surface area contributed by atoms with Gasteiger partial charge >= 0.3 is 0 Å². The Kier molecular flexibility index (Phi) is 4.93. The molecule has 3 aromatic rings. The third-order valence-electron chi connectivity index (χ3n) is 5.72. The van der Waals surface area contributed by atoms with Crippen molar-refractivity contribution < 1.29 is 9.18 Å². The second-order valence-electron chi connectivity index (χ2n) is 8.82. The molecule has 0 spiro atoms. The average molecular weight is 435 g/mol. The smallest absolute Gasteiger partial charge is 0.227 e. The van der Waals surface area contributed by atoms with Gasteiger partial charge in [0.05, 0.1) is 0 Å². The number of aromatic nitrogens is 3. The Labute approximate surface area is 184 Å². The highest BCUT2D eigenvalue weighted by Gasteiger charge is 2.42. The zero-order chi connectivity index (χ0) is 21.6. The molecule has 0 saturated heterocycles. The van der Waals surface area contributed by atoms with Gasteiger partial charge in [-0.15, -0.1) is 5.10 Å². The molecule has 1 aliphatic carbocycles. The summed E-state index contributed by atoms with van der Waals surface area (Å²) < 4.78 is 16.5. The van der Waals surface area contributed by atoms with Crippen LogP contribution in [0.1, 0.15) is 43.9 Å². The highest BCUT2D eigenvalue weighted by atomic mass is 32.2. The molecule has 31 heavy (non-hydrogen) atoms. The normalized spacial score (nSPS) is 19.6. The van der Waals surface area contributed by atoms with E-state index < -0.39 is 6.04 Å². The van der Waals surface area contributed by atoms with Gasteiger partial charge in [-0.25, -0.2) is 9.07 Å². The molecule has 2 aliphatic rings. The molecule has 1 aliphatic heterocycles. The molecule has 0 amide bonds. The lowest BCUT2D eigenvalue weighted by Crippen LogP contribution is -2.36. The van der Waals surface area contributed by atoms with Gasteiger partial charge in [0.1, 0.15) is 11.9 Å². The molecule has 0 radical (unpaired) electrons. The van der Waals surface area contributed by atoms with E-state index in [-0.39, 0.29) is 17.0 Å². The molecule has 0 bridgehead atoms. The largest absolute Gasteiger partial charge is 0.328 e. The number of rotatable bonds is 4. The summed E-state index contributed by atoms with van der Waals surface area (Å²) in [7, 11) is 0. The van der Waals surface area contributed by atoms with Crippen molar-refractivity contribution in [1.82, 2.24) is 14.8 Å². The number of hydrogen-bond donors (Lipinski definition) is 1. The van der Waals surface area contributed by atoms with Crippen molar-refractivity contribution in [2.24, 2.45) is 5.41 Å². The van der Waals surface area contributed by atoms with Crippen LogP contribution in [0.25, 0.3) is 0 Å². The summed E-state index contributed by atoms with van der Waals surface area (Å²) in [6, 6.07) is 16.1. The summed E-state index contributed by atoms with van der Waals surface area (Å²) >= 11 is 1.52. The Hall–Kier alpha value is -2.93. The van der Waals surface area contributed by atoms with Gasteiger partial charge in [0.25, 0.3) is 0 Å². The van der Waals surface area contributed by atoms with Crippen molar-refractivity contribution in [3.8, 4) is 0 Å². The van der Waals surface area contributed by atoms with Crippen molar-refractivity contribution in [3.05, 3.63) is 82.8 Å². The minimum absolute atomic E-state index is 0.0339. The van der Waals surface area contributed by atoms with Crippen LogP contribution < -0.4 is 5.32 Å². The Balaban J connectivity index is 1.56. The van der Waals surface area contributed by atoms with Gasteiger partial charge in [-0.3, -0.25) is 4.79 Å². The van der Waals surface area contributed by atoms with E-state index in [9.17, 15) is 9.18 Å². The van der Waals surface area contributed by atoms with Crippen LogP contribution in [0.3, 0.4) is 0 Å². The topological polar surface area (TPSA) is 59.8 Å². The number of hydrogen-bond acceptors (Lipinski definition) is 5. The number of Topliss-reactive ketones (excluding diaryl/α,β-unsaturated/α-hetero) is 1. The number of halogens is 1. The van der Waals surface area contributed by atoms with Crippen LogP contribution in [0.2, 0.25) is 0 Å². The maximum Gasteiger partial charge on any atom is 0.227 e. The summed E-state index contributed by atoms with van der Waals surface area (Å²) in [5.74, 6) is 0.965. The van der Waals surface area contributed by atoms with Gasteiger partial charge in [0.15, 0.2) is 5.78 Å². The Morgan fingerprint density at radius 1 is 1.13 bits per heavy atom. The highest BCUT2D eigenvalue weighted by molar-refractivity contribution is 7.98. The second kappa shape index (κ2) is 7.64. The maximum absolute atomic E-state index is 14.9. The van der Waals surface area contributed by atoms with Crippen molar-refractivity contribution in [2.45, 2.75) is 43.6 Å². The Morgan fingerprint density at radius 3 is 2.65 bits per heavy atom. The second-order valence-corrected chi connectivity index (χ2v) is 9.76. The summed E-state index contributed by atoms with van der Waals surface area (Å²) in [5.41, 5.74) is 2.88. The third kappa shape index (κ3) is 3.78. The summed E-state index contributed by atoms with van der Waals surface area (Å²) in [4.78, 5) is 17.9. The summed E-state index contributed by atoms with van der Waals surface area (Å²) in [6.45, 7) is 4.16. The monoisotopic (exact) mass is 434 g/mol. The number of ketones is 1. The van der Waals surface area contributed by atoms with E-state index in [1.54, 1.807) is 22.9 Å².